The summed E-state index contributed by atoms with van der Waals surface area (Å²) in [4.78, 5) is 25.3. The first-order valence-electron chi connectivity index (χ1n) is 6.75. The van der Waals surface area contributed by atoms with E-state index in [1.165, 1.54) is 0 Å². The number of nitrogens with zero attached hydrogens (tertiary/aromatic N) is 5. The molecule has 3 N–H and O–H groups in total. The molecule has 0 bridgehead atoms. The van der Waals surface area contributed by atoms with Gasteiger partial charge in [-0.25, -0.2) is 0 Å². The number of rotatable bonds is 7. The van der Waals surface area contributed by atoms with Crippen molar-refractivity contribution in [2.24, 2.45) is 0 Å². The molecule has 0 aliphatic rings. The number of anilines is 2. The monoisotopic (exact) mass is 319 g/mol. The van der Waals surface area contributed by atoms with E-state index >= 15 is 0 Å². The quantitative estimate of drug-likeness (QED) is 0.459. The summed E-state index contributed by atoms with van der Waals surface area (Å²) >= 11 is 0. The highest BCUT2D eigenvalue weighted by atomic mass is 16.3. The summed E-state index contributed by atoms with van der Waals surface area (Å²) in [6.45, 7) is 0.255. The van der Waals surface area contributed by atoms with Gasteiger partial charge in [0.1, 0.15) is 20.2 Å². The number of aryl methyl sites for hydroxylation is 1. The van der Waals surface area contributed by atoms with Crippen molar-refractivity contribution in [2.45, 2.75) is 6.92 Å². The number of aliphatic hydroxyl groups is 3. The Balaban J connectivity index is 2.58. The van der Waals surface area contributed by atoms with E-state index in [2.05, 4.69) is 15.0 Å². The summed E-state index contributed by atoms with van der Waals surface area (Å²) in [5.74, 6) is 0.147. The molecule has 0 fully saturated rings. The lowest BCUT2D eigenvalue weighted by Crippen LogP contribution is -2.30. The zero-order chi connectivity index (χ0) is 16.8. The van der Waals surface area contributed by atoms with Gasteiger partial charge in [0.25, 0.3) is 0 Å². The number of carbonyl (C=O) groups excluding carboxylic acids is 1. The first kappa shape index (κ1) is 16.7. The normalized spacial score (nSPS) is 10.4. The van der Waals surface area contributed by atoms with E-state index in [0.717, 1.165) is 15.4 Å². The number of hydrogen-bond donors (Lipinski definition) is 3. The number of hydrogen-bond acceptors (Lipinski definition) is 8. The molecule has 122 valence electrons. The predicted octanol–water partition coefficient (Wildman–Crippen LogP) is -0.534. The van der Waals surface area contributed by atoms with Gasteiger partial charge in [-0.2, -0.15) is 15.0 Å². The molecule has 0 atom stereocenters. The molecule has 0 spiro atoms. The van der Waals surface area contributed by atoms with E-state index in [-0.39, 0.29) is 17.7 Å². The third-order valence-corrected chi connectivity index (χ3v) is 3.05. The van der Waals surface area contributed by atoms with Crippen LogP contribution in [0.3, 0.4) is 0 Å². The molecule has 0 saturated heterocycles. The Labute approximate surface area is 132 Å². The SMILES string of the molecule is Cc1cccc(-c2nc(N(C=O)CO)nc(N(CO)CO)n2)c1. The second kappa shape index (κ2) is 7.58. The molecule has 1 heterocycles. The van der Waals surface area contributed by atoms with Crippen molar-refractivity contribution in [1.29, 1.82) is 0 Å². The molecular formula is C14H17N5O4. The van der Waals surface area contributed by atoms with Crippen molar-refractivity contribution in [3.05, 3.63) is 29.8 Å². The van der Waals surface area contributed by atoms with Crippen molar-refractivity contribution < 1.29 is 20.1 Å². The van der Waals surface area contributed by atoms with E-state index < -0.39 is 20.2 Å². The van der Waals surface area contributed by atoms with Crippen LogP contribution < -0.4 is 9.80 Å². The van der Waals surface area contributed by atoms with Crippen molar-refractivity contribution in [3.8, 4) is 11.4 Å². The fourth-order valence-corrected chi connectivity index (χ4v) is 1.85. The summed E-state index contributed by atoms with van der Waals surface area (Å²) in [5.41, 5.74) is 1.66. The van der Waals surface area contributed by atoms with Crippen LogP contribution in [0.5, 0.6) is 0 Å². The van der Waals surface area contributed by atoms with Gasteiger partial charge >= 0.3 is 0 Å². The molecule has 0 aliphatic heterocycles. The topological polar surface area (TPSA) is 123 Å². The Morgan fingerprint density at radius 3 is 2.30 bits per heavy atom. The molecule has 9 heteroatoms. The maximum Gasteiger partial charge on any atom is 0.239 e. The summed E-state index contributed by atoms with van der Waals surface area (Å²) < 4.78 is 0. The van der Waals surface area contributed by atoms with Crippen LogP contribution in [0.2, 0.25) is 0 Å². The highest BCUT2D eigenvalue weighted by molar-refractivity contribution is 5.72. The average molecular weight is 319 g/mol. The molecular weight excluding hydrogens is 302 g/mol. The molecule has 0 unspecified atom stereocenters. The first-order valence-corrected chi connectivity index (χ1v) is 6.75. The Morgan fingerprint density at radius 1 is 1.04 bits per heavy atom. The van der Waals surface area contributed by atoms with Gasteiger partial charge in [0.15, 0.2) is 5.82 Å². The van der Waals surface area contributed by atoms with Crippen molar-refractivity contribution >= 4 is 18.3 Å². The predicted molar refractivity (Wildman–Crippen MR) is 82.3 cm³/mol. The number of benzene rings is 1. The fourth-order valence-electron chi connectivity index (χ4n) is 1.85. The third-order valence-electron chi connectivity index (χ3n) is 3.05. The Morgan fingerprint density at radius 2 is 1.74 bits per heavy atom. The lowest BCUT2D eigenvalue weighted by atomic mass is 10.1. The van der Waals surface area contributed by atoms with Crippen molar-refractivity contribution in [2.75, 3.05) is 30.0 Å². The zero-order valence-corrected chi connectivity index (χ0v) is 12.5. The standard InChI is InChI=1S/C14H17N5O4/c1-10-3-2-4-11(5-10)12-15-13(18(6-20)7-21)17-14(16-12)19(8-22)9-23/h2-6,21-23H,7-9H2,1H3. The van der Waals surface area contributed by atoms with Gasteiger partial charge in [-0.05, 0) is 13.0 Å². The maximum absolute atomic E-state index is 11.0. The molecule has 2 rings (SSSR count). The number of aliphatic hydroxyl groups excluding tert-OH is 3. The maximum atomic E-state index is 11.0. The van der Waals surface area contributed by atoms with Crippen molar-refractivity contribution in [3.63, 3.8) is 0 Å². The first-order chi connectivity index (χ1) is 11.1. The lowest BCUT2D eigenvalue weighted by Gasteiger charge is -2.19. The number of aromatic nitrogens is 3. The number of amides is 1. The molecule has 1 aromatic carbocycles. The minimum Gasteiger partial charge on any atom is -0.376 e. The van der Waals surface area contributed by atoms with Crippen LogP contribution in [0.4, 0.5) is 11.9 Å². The van der Waals surface area contributed by atoms with E-state index in [1.54, 1.807) is 6.07 Å². The zero-order valence-electron chi connectivity index (χ0n) is 12.5. The summed E-state index contributed by atoms with van der Waals surface area (Å²) in [6.07, 6.45) is 0.376. The molecule has 1 amide bonds. The summed E-state index contributed by atoms with van der Waals surface area (Å²) in [5, 5.41) is 27.7. The second-order valence-electron chi connectivity index (χ2n) is 4.67. The van der Waals surface area contributed by atoms with Crippen LogP contribution in [0, 0.1) is 6.92 Å². The van der Waals surface area contributed by atoms with Gasteiger partial charge in [0.2, 0.25) is 18.3 Å². The average Bonchev–Trinajstić information content (AvgIpc) is 2.57. The molecule has 2 aromatic rings. The van der Waals surface area contributed by atoms with E-state index in [4.69, 9.17) is 0 Å². The van der Waals surface area contributed by atoms with Gasteiger partial charge in [0.05, 0.1) is 0 Å². The van der Waals surface area contributed by atoms with Crippen LogP contribution in [0.25, 0.3) is 11.4 Å². The highest BCUT2D eigenvalue weighted by Crippen LogP contribution is 2.21. The molecule has 0 saturated carbocycles. The van der Waals surface area contributed by atoms with E-state index in [0.29, 0.717) is 12.0 Å². The summed E-state index contributed by atoms with van der Waals surface area (Å²) in [6, 6.07) is 7.36. The molecule has 1 aromatic heterocycles. The molecule has 9 nitrogen and oxygen atoms in total. The van der Waals surface area contributed by atoms with E-state index in [9.17, 15) is 20.1 Å². The van der Waals surface area contributed by atoms with Crippen LogP contribution >= 0.6 is 0 Å². The Kier molecular flexibility index (Phi) is 5.52. The number of carbonyl (C=O) groups is 1. The third kappa shape index (κ3) is 3.77. The van der Waals surface area contributed by atoms with E-state index in [1.807, 2.05) is 25.1 Å². The smallest absolute Gasteiger partial charge is 0.239 e. The Hall–Kier alpha value is -2.62. The van der Waals surface area contributed by atoms with Crippen LogP contribution in [0.1, 0.15) is 5.56 Å². The largest absolute Gasteiger partial charge is 0.376 e. The Bertz CT molecular complexity index is 678. The molecule has 23 heavy (non-hydrogen) atoms. The van der Waals surface area contributed by atoms with Gasteiger partial charge in [-0.3, -0.25) is 14.6 Å². The fraction of sp³-hybridized carbons (Fsp3) is 0.286. The second-order valence-corrected chi connectivity index (χ2v) is 4.67. The molecule has 0 aliphatic carbocycles. The minimum absolute atomic E-state index is 0.0168. The lowest BCUT2D eigenvalue weighted by molar-refractivity contribution is -0.108. The van der Waals surface area contributed by atoms with Crippen LogP contribution in [-0.2, 0) is 4.79 Å². The van der Waals surface area contributed by atoms with Gasteiger partial charge in [-0.15, -0.1) is 0 Å². The minimum atomic E-state index is -0.613. The summed E-state index contributed by atoms with van der Waals surface area (Å²) in [7, 11) is 0. The van der Waals surface area contributed by atoms with Crippen molar-refractivity contribution in [1.82, 2.24) is 15.0 Å². The van der Waals surface area contributed by atoms with Gasteiger partial charge < -0.3 is 15.3 Å². The van der Waals surface area contributed by atoms with Crippen LogP contribution in [0.15, 0.2) is 24.3 Å². The highest BCUT2D eigenvalue weighted by Gasteiger charge is 2.17. The van der Waals surface area contributed by atoms with Crippen LogP contribution in [-0.4, -0.2) is 56.9 Å². The molecule has 0 radical (unpaired) electrons. The van der Waals surface area contributed by atoms with Gasteiger partial charge in [-0.1, -0.05) is 23.8 Å². The van der Waals surface area contributed by atoms with Gasteiger partial charge in [0, 0.05) is 5.56 Å².